The van der Waals surface area contributed by atoms with Gasteiger partial charge in [0.15, 0.2) is 0 Å². The van der Waals surface area contributed by atoms with Gasteiger partial charge in [-0.25, -0.2) is 0 Å². The molecule has 0 spiro atoms. The minimum absolute atomic E-state index is 0.358. The largest absolute Gasteiger partial charge is 0.347 e. The molecule has 1 unspecified atom stereocenters. The molecule has 1 saturated heterocycles. The maximum absolute atomic E-state index is 11.3. The molecule has 2 N–H and O–H groups in total. The van der Waals surface area contributed by atoms with E-state index in [0.717, 1.165) is 5.75 Å². The van der Waals surface area contributed by atoms with Crippen LogP contribution < -0.4 is 10.6 Å². The maximum Gasteiger partial charge on any atom is 0.309 e. The Morgan fingerprint density at radius 1 is 1.36 bits per heavy atom. The lowest BCUT2D eigenvalue weighted by Gasteiger charge is -2.19. The molecule has 80 valence electrons. The molecule has 0 aliphatic carbocycles. The highest BCUT2D eigenvalue weighted by Crippen LogP contribution is 2.28. The van der Waals surface area contributed by atoms with E-state index in [9.17, 15) is 9.59 Å². The SMILES string of the molecule is CC(C)(C)NC(=O)C(=O)NCC1CS1. The monoisotopic (exact) mass is 216 g/mol. The molecule has 0 aromatic carbocycles. The standard InChI is InChI=1S/C9H16N2O2S/c1-9(2,3)11-8(13)7(12)10-4-6-5-14-6/h6H,4-5H2,1-3H3,(H,10,12)(H,11,13). The first kappa shape index (κ1) is 11.4. The fourth-order valence-corrected chi connectivity index (χ4v) is 1.33. The van der Waals surface area contributed by atoms with Gasteiger partial charge in [0.2, 0.25) is 0 Å². The second-order valence-electron chi connectivity index (χ2n) is 4.37. The molecular weight excluding hydrogens is 200 g/mol. The molecular formula is C9H16N2O2S. The molecule has 1 heterocycles. The van der Waals surface area contributed by atoms with E-state index in [0.29, 0.717) is 11.8 Å². The van der Waals surface area contributed by atoms with Gasteiger partial charge in [0.05, 0.1) is 0 Å². The van der Waals surface area contributed by atoms with Crippen molar-refractivity contribution in [3.8, 4) is 0 Å². The van der Waals surface area contributed by atoms with Crippen molar-refractivity contribution in [1.82, 2.24) is 10.6 Å². The highest BCUT2D eigenvalue weighted by Gasteiger charge is 2.25. The average Bonchev–Trinajstić information content (AvgIpc) is 2.79. The zero-order valence-corrected chi connectivity index (χ0v) is 9.53. The van der Waals surface area contributed by atoms with Gasteiger partial charge in [0.1, 0.15) is 0 Å². The molecule has 1 atom stereocenters. The Labute approximate surface area is 88.2 Å². The zero-order valence-electron chi connectivity index (χ0n) is 8.72. The van der Waals surface area contributed by atoms with Gasteiger partial charge in [-0.15, -0.1) is 0 Å². The Kier molecular flexibility index (Phi) is 3.42. The highest BCUT2D eigenvalue weighted by atomic mass is 32.2. The fourth-order valence-electron chi connectivity index (χ4n) is 0.870. The van der Waals surface area contributed by atoms with Crippen LogP contribution in [0.1, 0.15) is 20.8 Å². The van der Waals surface area contributed by atoms with Crippen LogP contribution in [0.3, 0.4) is 0 Å². The minimum Gasteiger partial charge on any atom is -0.347 e. The summed E-state index contributed by atoms with van der Waals surface area (Å²) in [6.45, 7) is 6.12. The van der Waals surface area contributed by atoms with Gasteiger partial charge in [-0.3, -0.25) is 9.59 Å². The number of carbonyl (C=O) groups excluding carboxylic acids is 2. The molecule has 5 heteroatoms. The molecule has 0 bridgehead atoms. The van der Waals surface area contributed by atoms with Crippen molar-refractivity contribution in [3.63, 3.8) is 0 Å². The van der Waals surface area contributed by atoms with E-state index in [1.165, 1.54) is 0 Å². The Morgan fingerprint density at radius 3 is 2.36 bits per heavy atom. The Morgan fingerprint density at radius 2 is 1.93 bits per heavy atom. The number of amides is 2. The van der Waals surface area contributed by atoms with Crippen LogP contribution in [0.25, 0.3) is 0 Å². The van der Waals surface area contributed by atoms with Crippen LogP contribution in [0.2, 0.25) is 0 Å². The maximum atomic E-state index is 11.3. The molecule has 0 aromatic rings. The second-order valence-corrected chi connectivity index (χ2v) is 5.70. The number of carbonyl (C=O) groups is 2. The van der Waals surface area contributed by atoms with Crippen LogP contribution in [-0.2, 0) is 9.59 Å². The molecule has 1 aliphatic rings. The molecule has 2 amide bonds. The van der Waals surface area contributed by atoms with Gasteiger partial charge in [-0.2, -0.15) is 11.8 Å². The summed E-state index contributed by atoms with van der Waals surface area (Å²) in [5.74, 6) is -0.00294. The molecule has 0 aromatic heterocycles. The van der Waals surface area contributed by atoms with Crippen LogP contribution in [0.15, 0.2) is 0 Å². The van der Waals surface area contributed by atoms with Crippen LogP contribution in [-0.4, -0.2) is 34.9 Å². The van der Waals surface area contributed by atoms with E-state index < -0.39 is 11.8 Å². The summed E-state index contributed by atoms with van der Waals surface area (Å²) < 4.78 is 0. The molecule has 1 aliphatic heterocycles. The minimum atomic E-state index is -0.553. The lowest BCUT2D eigenvalue weighted by atomic mass is 10.1. The van der Waals surface area contributed by atoms with E-state index in [1.807, 2.05) is 20.8 Å². The summed E-state index contributed by atoms with van der Waals surface area (Å²) >= 11 is 1.79. The van der Waals surface area contributed by atoms with Gasteiger partial charge in [-0.05, 0) is 20.8 Å². The number of thioether (sulfide) groups is 1. The fraction of sp³-hybridized carbons (Fsp3) is 0.778. The van der Waals surface area contributed by atoms with Crippen LogP contribution in [0, 0.1) is 0 Å². The van der Waals surface area contributed by atoms with E-state index in [4.69, 9.17) is 0 Å². The summed E-state index contributed by atoms with van der Waals surface area (Å²) in [6, 6.07) is 0. The van der Waals surface area contributed by atoms with Crippen molar-refractivity contribution in [2.75, 3.05) is 12.3 Å². The van der Waals surface area contributed by atoms with Crippen LogP contribution >= 0.6 is 11.8 Å². The number of rotatable bonds is 2. The summed E-state index contributed by atoms with van der Waals surface area (Å²) in [5.41, 5.74) is -0.358. The van der Waals surface area contributed by atoms with Gasteiger partial charge in [0, 0.05) is 23.1 Å². The summed E-state index contributed by atoms with van der Waals surface area (Å²) in [5, 5.41) is 5.72. The normalized spacial score (nSPS) is 20.1. The zero-order chi connectivity index (χ0) is 10.8. The predicted octanol–water partition coefficient (Wildman–Crippen LogP) is 0.133. The summed E-state index contributed by atoms with van der Waals surface area (Å²) in [4.78, 5) is 22.5. The molecule has 1 rings (SSSR count). The van der Waals surface area contributed by atoms with E-state index in [2.05, 4.69) is 10.6 Å². The van der Waals surface area contributed by atoms with Crippen molar-refractivity contribution in [1.29, 1.82) is 0 Å². The smallest absolute Gasteiger partial charge is 0.309 e. The van der Waals surface area contributed by atoms with Crippen molar-refractivity contribution in [3.05, 3.63) is 0 Å². The first-order valence-corrected chi connectivity index (χ1v) is 5.65. The number of hydrogen-bond acceptors (Lipinski definition) is 3. The van der Waals surface area contributed by atoms with Crippen LogP contribution in [0.5, 0.6) is 0 Å². The number of nitrogens with one attached hydrogen (secondary N) is 2. The van der Waals surface area contributed by atoms with Crippen LogP contribution in [0.4, 0.5) is 0 Å². The topological polar surface area (TPSA) is 58.2 Å². The summed E-state index contributed by atoms with van der Waals surface area (Å²) in [7, 11) is 0. The first-order chi connectivity index (χ1) is 6.38. The number of hydrogen-bond donors (Lipinski definition) is 2. The Hall–Kier alpha value is -0.710. The van der Waals surface area contributed by atoms with Crippen molar-refractivity contribution in [2.45, 2.75) is 31.6 Å². The molecule has 0 saturated carbocycles. The predicted molar refractivity (Wildman–Crippen MR) is 57.2 cm³/mol. The van der Waals surface area contributed by atoms with E-state index in [1.54, 1.807) is 11.8 Å². The lowest BCUT2D eigenvalue weighted by Crippen LogP contribution is -2.48. The van der Waals surface area contributed by atoms with Gasteiger partial charge >= 0.3 is 11.8 Å². The lowest BCUT2D eigenvalue weighted by molar-refractivity contribution is -0.140. The molecule has 4 nitrogen and oxygen atoms in total. The second kappa shape index (κ2) is 4.21. The van der Waals surface area contributed by atoms with E-state index >= 15 is 0 Å². The Bertz CT molecular complexity index is 244. The van der Waals surface area contributed by atoms with Gasteiger partial charge < -0.3 is 10.6 Å². The first-order valence-electron chi connectivity index (χ1n) is 4.60. The molecule has 1 fully saturated rings. The van der Waals surface area contributed by atoms with E-state index in [-0.39, 0.29) is 5.54 Å². The highest BCUT2D eigenvalue weighted by molar-refractivity contribution is 8.06. The van der Waals surface area contributed by atoms with Gasteiger partial charge in [0.25, 0.3) is 0 Å². The third kappa shape index (κ3) is 4.50. The Balaban J connectivity index is 2.24. The molecule has 0 radical (unpaired) electrons. The average molecular weight is 216 g/mol. The third-order valence-electron chi connectivity index (χ3n) is 1.59. The molecule has 14 heavy (non-hydrogen) atoms. The quantitative estimate of drug-likeness (QED) is 0.509. The third-order valence-corrected chi connectivity index (χ3v) is 2.56. The van der Waals surface area contributed by atoms with Crippen molar-refractivity contribution in [2.24, 2.45) is 0 Å². The summed E-state index contributed by atoms with van der Waals surface area (Å²) in [6.07, 6.45) is 0. The van der Waals surface area contributed by atoms with Crippen molar-refractivity contribution < 1.29 is 9.59 Å². The van der Waals surface area contributed by atoms with Gasteiger partial charge in [-0.1, -0.05) is 0 Å². The van der Waals surface area contributed by atoms with Crippen molar-refractivity contribution >= 4 is 23.6 Å².